The van der Waals surface area contributed by atoms with Crippen LogP contribution in [0, 0.1) is 0 Å². The quantitative estimate of drug-likeness (QED) is 0.616. The van der Waals surface area contributed by atoms with Gasteiger partial charge in [0.1, 0.15) is 0 Å². The van der Waals surface area contributed by atoms with Crippen molar-refractivity contribution >= 4 is 8.19 Å². The Balaban J connectivity index is 2.04. The third kappa shape index (κ3) is 3.57. The number of nitrogens with zero attached hydrogens (tertiary/aromatic N) is 1. The van der Waals surface area contributed by atoms with Gasteiger partial charge < -0.3 is 0 Å². The molecule has 1 aromatic rings. The van der Waals surface area contributed by atoms with Gasteiger partial charge >= 0.3 is 0 Å². The van der Waals surface area contributed by atoms with Crippen molar-refractivity contribution in [2.75, 3.05) is 0 Å². The highest BCUT2D eigenvalue weighted by molar-refractivity contribution is 7.29. The van der Waals surface area contributed by atoms with Crippen LogP contribution in [0.3, 0.4) is 0 Å². The van der Waals surface area contributed by atoms with Crippen LogP contribution in [0.15, 0.2) is 12.0 Å². The van der Waals surface area contributed by atoms with E-state index in [1.807, 2.05) is 6.20 Å². The fourth-order valence-electron chi connectivity index (χ4n) is 1.15. The molecule has 1 aromatic heterocycles. The Labute approximate surface area is 70.3 Å². The predicted octanol–water partition coefficient (Wildman–Crippen LogP) is 3.24. The molecule has 1 nitrogen and oxygen atoms in total. The number of rotatable bonds is 5. The lowest BCUT2D eigenvalue weighted by Gasteiger charge is -1.95. The molecule has 1 unspecified atom stereocenters. The van der Waals surface area contributed by atoms with Crippen LogP contribution in [-0.4, -0.2) is 4.98 Å². The molecule has 0 aromatic carbocycles. The van der Waals surface area contributed by atoms with E-state index in [1.165, 1.54) is 37.5 Å². The molecule has 11 heavy (non-hydrogen) atoms. The van der Waals surface area contributed by atoms with Crippen LogP contribution in [0.5, 0.6) is 0 Å². The number of hydrogen-bond acceptors (Lipinski definition) is 1. The van der Waals surface area contributed by atoms with Crippen molar-refractivity contribution in [3.05, 3.63) is 17.4 Å². The first kappa shape index (κ1) is 8.80. The van der Waals surface area contributed by atoms with E-state index in [0.717, 1.165) is 8.19 Å². The Morgan fingerprint density at radius 2 is 2.27 bits per heavy atom. The molecule has 0 fully saturated rings. The molecule has 0 saturated carbocycles. The zero-order valence-electron chi connectivity index (χ0n) is 7.14. The predicted molar refractivity (Wildman–Crippen MR) is 51.6 cm³/mol. The SMILES string of the molecule is CCCCCCc1ncc[pH]1. The Kier molecular flexibility index (Phi) is 4.30. The lowest BCUT2D eigenvalue weighted by Crippen LogP contribution is -1.82. The lowest BCUT2D eigenvalue weighted by atomic mass is 10.2. The molecule has 62 valence electrons. The van der Waals surface area contributed by atoms with Crippen LogP contribution < -0.4 is 0 Å². The van der Waals surface area contributed by atoms with Crippen molar-refractivity contribution in [3.63, 3.8) is 0 Å². The van der Waals surface area contributed by atoms with E-state index in [9.17, 15) is 0 Å². The second-order valence-corrected chi connectivity index (χ2v) is 4.05. The molecule has 0 aliphatic heterocycles. The average molecular weight is 169 g/mol. The minimum Gasteiger partial charge on any atom is -0.257 e. The highest BCUT2D eigenvalue weighted by atomic mass is 31.0. The monoisotopic (exact) mass is 169 g/mol. The van der Waals surface area contributed by atoms with Crippen molar-refractivity contribution in [1.82, 2.24) is 4.98 Å². The molecule has 0 radical (unpaired) electrons. The van der Waals surface area contributed by atoms with Gasteiger partial charge in [-0.1, -0.05) is 26.2 Å². The van der Waals surface area contributed by atoms with Gasteiger partial charge in [0.2, 0.25) is 0 Å². The first-order valence-corrected chi connectivity index (χ1v) is 5.49. The van der Waals surface area contributed by atoms with E-state index in [4.69, 9.17) is 0 Å². The summed E-state index contributed by atoms with van der Waals surface area (Å²) in [5, 5.41) is 0. The third-order valence-electron chi connectivity index (χ3n) is 1.82. The third-order valence-corrected chi connectivity index (χ3v) is 2.85. The zero-order chi connectivity index (χ0) is 7.94. The van der Waals surface area contributed by atoms with Crippen LogP contribution in [0.4, 0.5) is 0 Å². The first-order valence-electron chi connectivity index (χ1n) is 4.41. The molecular weight excluding hydrogens is 153 g/mol. The van der Waals surface area contributed by atoms with Crippen molar-refractivity contribution in [2.45, 2.75) is 39.0 Å². The second kappa shape index (κ2) is 5.37. The average Bonchev–Trinajstić information content (AvgIpc) is 2.50. The molecule has 1 atom stereocenters. The van der Waals surface area contributed by atoms with E-state index >= 15 is 0 Å². The van der Waals surface area contributed by atoms with Gasteiger partial charge in [0.05, 0.1) is 5.43 Å². The highest BCUT2D eigenvalue weighted by Crippen LogP contribution is 2.14. The molecule has 0 spiro atoms. The van der Waals surface area contributed by atoms with Gasteiger partial charge in [-0.05, 0) is 18.6 Å². The first-order chi connectivity index (χ1) is 5.43. The van der Waals surface area contributed by atoms with Crippen molar-refractivity contribution in [1.29, 1.82) is 0 Å². The molecule has 0 N–H and O–H groups in total. The lowest BCUT2D eigenvalue weighted by molar-refractivity contribution is 0.665. The molecular formula is C9H16NP. The summed E-state index contributed by atoms with van der Waals surface area (Å²) in [6.07, 6.45) is 8.58. The Morgan fingerprint density at radius 1 is 1.36 bits per heavy atom. The Morgan fingerprint density at radius 3 is 2.91 bits per heavy atom. The van der Waals surface area contributed by atoms with Gasteiger partial charge in [-0.15, -0.1) is 8.19 Å². The fourth-order valence-corrected chi connectivity index (χ4v) is 1.97. The van der Waals surface area contributed by atoms with Crippen LogP contribution in [-0.2, 0) is 6.42 Å². The van der Waals surface area contributed by atoms with Crippen molar-refractivity contribution < 1.29 is 0 Å². The summed E-state index contributed by atoms with van der Waals surface area (Å²) in [7, 11) is 0.881. The van der Waals surface area contributed by atoms with Crippen molar-refractivity contribution in [2.24, 2.45) is 0 Å². The van der Waals surface area contributed by atoms with E-state index < -0.39 is 0 Å². The molecule has 0 bridgehead atoms. The molecule has 0 saturated heterocycles. The Hall–Kier alpha value is -0.290. The summed E-state index contributed by atoms with van der Waals surface area (Å²) >= 11 is 0. The summed E-state index contributed by atoms with van der Waals surface area (Å²) in [5.74, 6) is 2.16. The van der Waals surface area contributed by atoms with Crippen LogP contribution >= 0.6 is 8.19 Å². The maximum atomic E-state index is 4.28. The van der Waals surface area contributed by atoms with Gasteiger partial charge in [0.15, 0.2) is 0 Å². The summed E-state index contributed by atoms with van der Waals surface area (Å²) in [4.78, 5) is 4.28. The van der Waals surface area contributed by atoms with Crippen LogP contribution in [0.25, 0.3) is 0 Å². The molecule has 2 heteroatoms. The minimum absolute atomic E-state index is 0.881. The smallest absolute Gasteiger partial charge is 0.0561 e. The standard InChI is InChI=1S/C9H16NP/c1-2-3-4-5-6-9-10-7-8-11-9/h7-8,11H,2-6H2,1H3. The largest absolute Gasteiger partial charge is 0.257 e. The van der Waals surface area contributed by atoms with E-state index in [2.05, 4.69) is 17.7 Å². The molecule has 1 rings (SSSR count). The summed E-state index contributed by atoms with van der Waals surface area (Å²) in [5.41, 5.74) is 1.40. The van der Waals surface area contributed by atoms with Gasteiger partial charge in [-0.25, -0.2) is 0 Å². The summed E-state index contributed by atoms with van der Waals surface area (Å²) < 4.78 is 0. The van der Waals surface area contributed by atoms with Gasteiger partial charge in [0, 0.05) is 6.20 Å². The van der Waals surface area contributed by atoms with Gasteiger partial charge in [-0.2, -0.15) is 0 Å². The summed E-state index contributed by atoms with van der Waals surface area (Å²) in [6.45, 7) is 2.25. The molecule has 0 amide bonds. The molecule has 0 aliphatic rings. The van der Waals surface area contributed by atoms with E-state index in [-0.39, 0.29) is 0 Å². The van der Waals surface area contributed by atoms with Crippen LogP contribution in [0.1, 0.15) is 38.0 Å². The Bertz CT molecular complexity index is 170. The second-order valence-electron chi connectivity index (χ2n) is 2.85. The van der Waals surface area contributed by atoms with Gasteiger partial charge in [-0.3, -0.25) is 4.98 Å². The number of hydrogen-bond donors (Lipinski definition) is 0. The number of aryl methyl sites for hydroxylation is 1. The zero-order valence-corrected chi connectivity index (χ0v) is 8.14. The van der Waals surface area contributed by atoms with Crippen molar-refractivity contribution in [3.8, 4) is 0 Å². The molecule has 0 aliphatic carbocycles. The van der Waals surface area contributed by atoms with Gasteiger partial charge in [0.25, 0.3) is 0 Å². The highest BCUT2D eigenvalue weighted by Gasteiger charge is 1.92. The number of unbranched alkanes of at least 4 members (excludes halogenated alkanes) is 3. The normalized spacial score (nSPS) is 11.0. The number of aromatic nitrogens is 1. The minimum atomic E-state index is 0.881. The maximum Gasteiger partial charge on any atom is 0.0561 e. The van der Waals surface area contributed by atoms with Crippen LogP contribution in [0.2, 0.25) is 0 Å². The fraction of sp³-hybridized carbons (Fsp3) is 0.667. The maximum absolute atomic E-state index is 4.28. The topological polar surface area (TPSA) is 12.9 Å². The van der Waals surface area contributed by atoms with E-state index in [0.29, 0.717) is 0 Å². The molecule has 1 heterocycles. The van der Waals surface area contributed by atoms with E-state index in [1.54, 1.807) is 0 Å². The summed E-state index contributed by atoms with van der Waals surface area (Å²) in [6, 6.07) is 0.